The van der Waals surface area contributed by atoms with E-state index in [1.54, 1.807) is 26.1 Å². The maximum absolute atomic E-state index is 13.2. The molecule has 0 spiro atoms. The average molecular weight is 487 g/mol. The van der Waals surface area contributed by atoms with Crippen molar-refractivity contribution in [3.63, 3.8) is 0 Å². The van der Waals surface area contributed by atoms with E-state index in [4.69, 9.17) is 0 Å². The summed E-state index contributed by atoms with van der Waals surface area (Å²) >= 11 is 0. The number of hydrogen-bond donors (Lipinski definition) is 2. The predicted molar refractivity (Wildman–Crippen MR) is 136 cm³/mol. The lowest BCUT2D eigenvalue weighted by molar-refractivity contribution is -0.130. The first-order valence-electron chi connectivity index (χ1n) is 11.7. The van der Waals surface area contributed by atoms with Gasteiger partial charge in [-0.1, -0.05) is 60.7 Å². The number of carbonyl (C=O) groups is 3. The van der Waals surface area contributed by atoms with Gasteiger partial charge in [0, 0.05) is 24.6 Å². The van der Waals surface area contributed by atoms with Gasteiger partial charge in [0.1, 0.15) is 11.9 Å². The molecule has 7 nitrogen and oxygen atoms in total. The lowest BCUT2D eigenvalue weighted by Crippen LogP contribution is -2.52. The topological polar surface area (TPSA) is 90.9 Å². The van der Waals surface area contributed by atoms with E-state index in [2.05, 4.69) is 15.6 Å². The molecule has 36 heavy (non-hydrogen) atoms. The normalized spacial score (nSPS) is 15.9. The van der Waals surface area contributed by atoms with Gasteiger partial charge in [0.25, 0.3) is 5.91 Å². The van der Waals surface area contributed by atoms with Crippen molar-refractivity contribution in [3.8, 4) is 0 Å². The molecule has 0 aromatic heterocycles. The van der Waals surface area contributed by atoms with E-state index < -0.39 is 24.0 Å². The average Bonchev–Trinajstić information content (AvgIpc) is 2.99. The fourth-order valence-electron chi connectivity index (χ4n) is 3.99. The molecule has 3 aromatic rings. The second-order valence-electron chi connectivity index (χ2n) is 8.58. The Morgan fingerprint density at radius 1 is 1.00 bits per heavy atom. The molecule has 0 radical (unpaired) electrons. The van der Waals surface area contributed by atoms with Gasteiger partial charge in [-0.2, -0.15) is 0 Å². The summed E-state index contributed by atoms with van der Waals surface area (Å²) in [5.74, 6) is -1.59. The maximum atomic E-state index is 13.2. The molecule has 1 heterocycles. The minimum atomic E-state index is -1.16. The second-order valence-corrected chi connectivity index (χ2v) is 8.58. The molecule has 0 saturated heterocycles. The Labute approximate surface area is 209 Å². The SMILES string of the molecule is CC(NC(=O)CCc1ccc(F)cc1)C(=O)N[C@H]1N=C(c2ccccc2)c2ccccc2N(C)C1=O. The summed E-state index contributed by atoms with van der Waals surface area (Å²) < 4.78 is 13.1. The molecule has 1 aliphatic heterocycles. The zero-order valence-corrected chi connectivity index (χ0v) is 20.1. The lowest BCUT2D eigenvalue weighted by atomic mass is 10.0. The van der Waals surface area contributed by atoms with Crippen molar-refractivity contribution in [3.05, 3.63) is 101 Å². The zero-order valence-electron chi connectivity index (χ0n) is 20.1. The van der Waals surface area contributed by atoms with Crippen molar-refractivity contribution in [2.24, 2.45) is 4.99 Å². The third kappa shape index (κ3) is 5.66. The van der Waals surface area contributed by atoms with E-state index >= 15 is 0 Å². The Morgan fingerprint density at radius 3 is 2.39 bits per heavy atom. The number of rotatable bonds is 7. The fourth-order valence-corrected chi connectivity index (χ4v) is 3.99. The molecule has 1 aliphatic rings. The van der Waals surface area contributed by atoms with Crippen LogP contribution in [0.1, 0.15) is 30.0 Å². The molecule has 3 aromatic carbocycles. The van der Waals surface area contributed by atoms with Crippen LogP contribution in [0.4, 0.5) is 10.1 Å². The van der Waals surface area contributed by atoms with Crippen LogP contribution < -0.4 is 15.5 Å². The van der Waals surface area contributed by atoms with Gasteiger partial charge in [0.05, 0.1) is 11.4 Å². The van der Waals surface area contributed by atoms with E-state index in [9.17, 15) is 18.8 Å². The zero-order chi connectivity index (χ0) is 25.7. The second kappa shape index (κ2) is 10.9. The summed E-state index contributed by atoms with van der Waals surface area (Å²) in [6.07, 6.45) is -0.612. The van der Waals surface area contributed by atoms with Crippen molar-refractivity contribution in [1.82, 2.24) is 10.6 Å². The van der Waals surface area contributed by atoms with Gasteiger partial charge in [0.2, 0.25) is 18.0 Å². The van der Waals surface area contributed by atoms with E-state index in [1.165, 1.54) is 17.0 Å². The van der Waals surface area contributed by atoms with E-state index in [0.717, 1.165) is 16.7 Å². The van der Waals surface area contributed by atoms with Crippen molar-refractivity contribution in [2.45, 2.75) is 32.0 Å². The number of benzodiazepines with no additional fused rings is 1. The molecule has 1 unspecified atom stereocenters. The summed E-state index contributed by atoms with van der Waals surface area (Å²) in [4.78, 5) is 44.7. The molecule has 2 N–H and O–H groups in total. The molecule has 184 valence electrons. The molecule has 8 heteroatoms. The number of anilines is 1. The first kappa shape index (κ1) is 24.8. The predicted octanol–water partition coefficient (Wildman–Crippen LogP) is 3.22. The van der Waals surface area contributed by atoms with E-state index in [1.807, 2.05) is 54.6 Å². The largest absolute Gasteiger partial charge is 0.345 e. The number of halogens is 1. The van der Waals surface area contributed by atoms with Gasteiger partial charge < -0.3 is 15.5 Å². The summed E-state index contributed by atoms with van der Waals surface area (Å²) in [6.45, 7) is 1.55. The van der Waals surface area contributed by atoms with Crippen LogP contribution in [0.15, 0.2) is 83.9 Å². The number of aryl methyl sites for hydroxylation is 1. The monoisotopic (exact) mass is 486 g/mol. The first-order valence-corrected chi connectivity index (χ1v) is 11.7. The molecule has 0 aliphatic carbocycles. The van der Waals surface area contributed by atoms with Gasteiger partial charge in [-0.15, -0.1) is 0 Å². The highest BCUT2D eigenvalue weighted by Crippen LogP contribution is 2.27. The first-order chi connectivity index (χ1) is 17.3. The number of para-hydroxylation sites is 1. The van der Waals surface area contributed by atoms with Crippen LogP contribution in [0.3, 0.4) is 0 Å². The van der Waals surface area contributed by atoms with Crippen LogP contribution in [0.2, 0.25) is 0 Å². The highest BCUT2D eigenvalue weighted by molar-refractivity contribution is 6.20. The fraction of sp³-hybridized carbons (Fsp3) is 0.214. The Kier molecular flexibility index (Phi) is 7.53. The lowest BCUT2D eigenvalue weighted by Gasteiger charge is -2.22. The number of aliphatic imine (C=N–C) groups is 1. The molecule has 3 amide bonds. The van der Waals surface area contributed by atoms with E-state index in [0.29, 0.717) is 17.8 Å². The van der Waals surface area contributed by atoms with Gasteiger partial charge in [-0.05, 0) is 37.1 Å². The summed E-state index contributed by atoms with van der Waals surface area (Å²) in [6, 6.07) is 21.9. The number of hydrogen-bond acceptors (Lipinski definition) is 4. The Hall–Kier alpha value is -4.33. The Balaban J connectivity index is 1.48. The molecule has 0 bridgehead atoms. The van der Waals surface area contributed by atoms with Crippen LogP contribution in [0.5, 0.6) is 0 Å². The number of nitrogens with zero attached hydrogens (tertiary/aromatic N) is 2. The number of fused-ring (bicyclic) bond motifs is 1. The minimum Gasteiger partial charge on any atom is -0.345 e. The third-order valence-electron chi connectivity index (χ3n) is 5.99. The maximum Gasteiger partial charge on any atom is 0.272 e. The Bertz CT molecular complexity index is 1290. The van der Waals surface area contributed by atoms with Gasteiger partial charge in [0.15, 0.2) is 0 Å². The summed E-state index contributed by atoms with van der Waals surface area (Å²) in [5.41, 5.74) is 3.68. The standard InChI is InChI=1S/C28H27FN4O3/c1-18(30-24(34)17-14-19-12-15-21(29)16-13-19)27(35)32-26-28(36)33(2)23-11-7-6-10-22(23)25(31-26)20-8-4-3-5-9-20/h3-13,15-16,18,26H,14,17H2,1-2H3,(H,30,34)(H,32,35)/t18?,26-/m1/s1. The summed E-state index contributed by atoms with van der Waals surface area (Å²) in [5, 5.41) is 5.34. The number of amides is 3. The van der Waals surface area contributed by atoms with E-state index in [-0.39, 0.29) is 18.1 Å². The number of likely N-dealkylation sites (N-methyl/N-ethyl adjacent to an activating group) is 1. The molecular formula is C28H27FN4O3. The van der Waals surface area contributed by atoms with Gasteiger partial charge in [-0.3, -0.25) is 14.4 Å². The van der Waals surface area contributed by atoms with Crippen molar-refractivity contribution in [2.75, 3.05) is 11.9 Å². The van der Waals surface area contributed by atoms with Crippen molar-refractivity contribution in [1.29, 1.82) is 0 Å². The Morgan fingerprint density at radius 2 is 1.67 bits per heavy atom. The van der Waals surface area contributed by atoms with Crippen LogP contribution in [0, 0.1) is 5.82 Å². The molecule has 0 saturated carbocycles. The molecular weight excluding hydrogens is 459 g/mol. The minimum absolute atomic E-state index is 0.139. The number of nitrogens with one attached hydrogen (secondary N) is 2. The van der Waals surface area contributed by atoms with Crippen LogP contribution >= 0.6 is 0 Å². The highest BCUT2D eigenvalue weighted by atomic mass is 19.1. The van der Waals surface area contributed by atoms with Gasteiger partial charge >= 0.3 is 0 Å². The summed E-state index contributed by atoms with van der Waals surface area (Å²) in [7, 11) is 1.64. The van der Waals surface area contributed by atoms with Crippen LogP contribution in [-0.2, 0) is 20.8 Å². The highest BCUT2D eigenvalue weighted by Gasteiger charge is 2.32. The van der Waals surface area contributed by atoms with Gasteiger partial charge in [-0.25, -0.2) is 9.38 Å². The molecule has 4 rings (SSSR count). The third-order valence-corrected chi connectivity index (χ3v) is 5.99. The smallest absolute Gasteiger partial charge is 0.272 e. The molecule has 2 atom stereocenters. The van der Waals surface area contributed by atoms with Crippen LogP contribution in [-0.4, -0.2) is 42.7 Å². The van der Waals surface area contributed by atoms with Crippen molar-refractivity contribution < 1.29 is 18.8 Å². The number of carbonyl (C=O) groups excluding carboxylic acids is 3. The number of benzene rings is 3. The van der Waals surface area contributed by atoms with Crippen molar-refractivity contribution >= 4 is 29.1 Å². The molecule has 0 fully saturated rings. The quantitative estimate of drug-likeness (QED) is 0.537. The van der Waals surface area contributed by atoms with Crippen LogP contribution in [0.25, 0.3) is 0 Å².